The van der Waals surface area contributed by atoms with Crippen LogP contribution in [-0.2, 0) is 11.2 Å². The van der Waals surface area contributed by atoms with Crippen LogP contribution in [0.3, 0.4) is 0 Å². The molecule has 0 radical (unpaired) electrons. The second-order valence-electron chi connectivity index (χ2n) is 12.0. The standard InChI is InChI=1S/C31H39N3O2/c1-2-22-3-5-26(6-4-22)30(36)34-13-11-33(12-14-34)28-9-7-27(8-10-28)32-29(35)21-31-18-23-15-24(19-31)17-25(16-23)20-31/h3-10,23-25H,2,11-21H2,1H3,(H,32,35). The van der Waals surface area contributed by atoms with E-state index in [9.17, 15) is 9.59 Å². The second kappa shape index (κ2) is 9.57. The van der Waals surface area contributed by atoms with Crippen molar-refractivity contribution in [1.29, 1.82) is 0 Å². The van der Waals surface area contributed by atoms with Gasteiger partial charge >= 0.3 is 0 Å². The minimum absolute atomic E-state index is 0.120. The van der Waals surface area contributed by atoms with Gasteiger partial charge in [-0.15, -0.1) is 0 Å². The average Bonchev–Trinajstić information content (AvgIpc) is 2.88. The number of piperazine rings is 1. The number of anilines is 2. The van der Waals surface area contributed by atoms with Gasteiger partial charge in [-0.2, -0.15) is 0 Å². The maximum atomic E-state index is 13.0. The maximum absolute atomic E-state index is 13.0. The van der Waals surface area contributed by atoms with Crippen molar-refractivity contribution in [2.24, 2.45) is 23.2 Å². The van der Waals surface area contributed by atoms with Gasteiger partial charge in [-0.25, -0.2) is 0 Å². The van der Waals surface area contributed by atoms with E-state index in [1.807, 2.05) is 41.3 Å². The molecular weight excluding hydrogens is 446 g/mol. The highest BCUT2D eigenvalue weighted by Gasteiger charge is 2.51. The first-order chi connectivity index (χ1) is 17.5. The molecule has 1 N–H and O–H groups in total. The Bertz CT molecular complexity index is 1060. The number of nitrogens with one attached hydrogen (secondary N) is 1. The minimum atomic E-state index is 0.120. The van der Waals surface area contributed by atoms with Crippen molar-refractivity contribution < 1.29 is 9.59 Å². The molecule has 7 rings (SSSR count). The maximum Gasteiger partial charge on any atom is 0.253 e. The van der Waals surface area contributed by atoms with Crippen molar-refractivity contribution >= 4 is 23.2 Å². The Kier molecular flexibility index (Phi) is 6.27. The number of hydrogen-bond donors (Lipinski definition) is 1. The van der Waals surface area contributed by atoms with Crippen LogP contribution in [0.1, 0.15) is 67.8 Å². The normalized spacial score (nSPS) is 28.9. The molecule has 1 heterocycles. The van der Waals surface area contributed by atoms with Gasteiger partial charge in [-0.05, 0) is 110 Å². The van der Waals surface area contributed by atoms with E-state index in [1.165, 1.54) is 44.1 Å². The molecule has 5 heteroatoms. The van der Waals surface area contributed by atoms with Crippen molar-refractivity contribution in [3.8, 4) is 0 Å². The molecule has 4 bridgehead atoms. The van der Waals surface area contributed by atoms with Gasteiger partial charge in [-0.3, -0.25) is 9.59 Å². The third-order valence-electron chi connectivity index (χ3n) is 9.39. The molecule has 5 nitrogen and oxygen atoms in total. The van der Waals surface area contributed by atoms with Crippen LogP contribution in [0.15, 0.2) is 48.5 Å². The summed E-state index contributed by atoms with van der Waals surface area (Å²) in [6.07, 6.45) is 9.72. The fourth-order valence-electron chi connectivity index (χ4n) is 8.04. The third kappa shape index (κ3) is 4.77. The number of carbonyl (C=O) groups excluding carboxylic acids is 2. The van der Waals surface area contributed by atoms with Gasteiger partial charge in [0.15, 0.2) is 0 Å². The summed E-state index contributed by atoms with van der Waals surface area (Å²) in [5.41, 5.74) is 4.33. The zero-order chi connectivity index (χ0) is 24.7. The lowest BCUT2D eigenvalue weighted by molar-refractivity contribution is -0.124. The Hall–Kier alpha value is -2.82. The summed E-state index contributed by atoms with van der Waals surface area (Å²) in [4.78, 5) is 30.1. The summed E-state index contributed by atoms with van der Waals surface area (Å²) in [5.74, 6) is 2.93. The first kappa shape index (κ1) is 23.6. The van der Waals surface area contributed by atoms with Gasteiger partial charge in [0.1, 0.15) is 0 Å². The average molecular weight is 486 g/mol. The van der Waals surface area contributed by atoms with Crippen LogP contribution in [0.25, 0.3) is 0 Å². The van der Waals surface area contributed by atoms with Gasteiger partial charge < -0.3 is 15.1 Å². The summed E-state index contributed by atoms with van der Waals surface area (Å²) in [7, 11) is 0. The number of amides is 2. The molecule has 0 spiro atoms. The van der Waals surface area contributed by atoms with Gasteiger partial charge in [0.25, 0.3) is 5.91 Å². The van der Waals surface area contributed by atoms with Crippen LogP contribution in [0.2, 0.25) is 0 Å². The highest BCUT2D eigenvalue weighted by Crippen LogP contribution is 2.61. The predicted molar refractivity (Wildman–Crippen MR) is 144 cm³/mol. The molecule has 2 aromatic carbocycles. The third-order valence-corrected chi connectivity index (χ3v) is 9.39. The molecule has 0 unspecified atom stereocenters. The number of hydrogen-bond acceptors (Lipinski definition) is 3. The molecule has 5 aliphatic rings. The molecule has 190 valence electrons. The fraction of sp³-hybridized carbons (Fsp3) is 0.548. The van der Waals surface area contributed by atoms with Crippen molar-refractivity contribution in [2.45, 2.75) is 58.3 Å². The molecule has 2 aromatic rings. The van der Waals surface area contributed by atoms with Crippen LogP contribution in [0.4, 0.5) is 11.4 Å². The Morgan fingerprint density at radius 3 is 1.97 bits per heavy atom. The largest absolute Gasteiger partial charge is 0.368 e. The lowest BCUT2D eigenvalue weighted by Gasteiger charge is -2.56. The van der Waals surface area contributed by atoms with E-state index in [4.69, 9.17) is 0 Å². The number of carbonyl (C=O) groups is 2. The van der Waals surface area contributed by atoms with Gasteiger partial charge in [-0.1, -0.05) is 19.1 Å². The Morgan fingerprint density at radius 2 is 1.42 bits per heavy atom. The monoisotopic (exact) mass is 485 g/mol. The molecule has 36 heavy (non-hydrogen) atoms. The SMILES string of the molecule is CCc1ccc(C(=O)N2CCN(c3ccc(NC(=O)CC45CC6CC(CC(C6)C4)C5)cc3)CC2)cc1. The van der Waals surface area contributed by atoms with Crippen LogP contribution >= 0.6 is 0 Å². The van der Waals surface area contributed by atoms with E-state index in [0.29, 0.717) is 6.42 Å². The molecule has 0 aromatic heterocycles. The van der Waals surface area contributed by atoms with Crippen molar-refractivity contribution in [1.82, 2.24) is 4.90 Å². The number of benzene rings is 2. The van der Waals surface area contributed by atoms with Crippen LogP contribution in [0.5, 0.6) is 0 Å². The van der Waals surface area contributed by atoms with E-state index >= 15 is 0 Å². The van der Waals surface area contributed by atoms with E-state index in [1.54, 1.807) is 0 Å². The summed E-state index contributed by atoms with van der Waals surface area (Å²) < 4.78 is 0. The van der Waals surface area contributed by atoms with Gasteiger partial charge in [0, 0.05) is 49.5 Å². The van der Waals surface area contributed by atoms with Gasteiger partial charge in [0.2, 0.25) is 5.91 Å². The van der Waals surface area contributed by atoms with E-state index in [2.05, 4.69) is 29.3 Å². The lowest BCUT2D eigenvalue weighted by atomic mass is 9.49. The van der Waals surface area contributed by atoms with Crippen LogP contribution in [-0.4, -0.2) is 42.9 Å². The number of aryl methyl sites for hydroxylation is 1. The highest BCUT2D eigenvalue weighted by molar-refractivity contribution is 5.94. The molecule has 4 saturated carbocycles. The zero-order valence-electron chi connectivity index (χ0n) is 21.5. The van der Waals surface area contributed by atoms with Crippen molar-refractivity contribution in [3.63, 3.8) is 0 Å². The number of nitrogens with zero attached hydrogens (tertiary/aromatic N) is 2. The van der Waals surface area contributed by atoms with Crippen LogP contribution in [0, 0.1) is 23.2 Å². The second-order valence-corrected chi connectivity index (χ2v) is 12.0. The summed E-state index contributed by atoms with van der Waals surface area (Å²) >= 11 is 0. The Morgan fingerprint density at radius 1 is 0.833 bits per heavy atom. The topological polar surface area (TPSA) is 52.7 Å². The van der Waals surface area contributed by atoms with E-state index < -0.39 is 0 Å². The molecule has 0 atom stereocenters. The Balaban J connectivity index is 1.01. The highest BCUT2D eigenvalue weighted by atomic mass is 16.2. The van der Waals surface area contributed by atoms with Crippen LogP contribution < -0.4 is 10.2 Å². The summed E-state index contributed by atoms with van der Waals surface area (Å²) in [6, 6.07) is 16.2. The number of rotatable bonds is 6. The zero-order valence-corrected chi connectivity index (χ0v) is 21.5. The summed E-state index contributed by atoms with van der Waals surface area (Å²) in [6.45, 7) is 5.20. The minimum Gasteiger partial charge on any atom is -0.368 e. The van der Waals surface area contributed by atoms with E-state index in [-0.39, 0.29) is 17.2 Å². The molecule has 1 aliphatic heterocycles. The van der Waals surface area contributed by atoms with E-state index in [0.717, 1.165) is 67.3 Å². The predicted octanol–water partition coefficient (Wildman–Crippen LogP) is 5.76. The lowest BCUT2D eigenvalue weighted by Crippen LogP contribution is -2.48. The molecule has 1 saturated heterocycles. The van der Waals surface area contributed by atoms with Crippen molar-refractivity contribution in [3.05, 3.63) is 59.7 Å². The Labute approximate surface area is 215 Å². The fourth-order valence-corrected chi connectivity index (χ4v) is 8.04. The first-order valence-corrected chi connectivity index (χ1v) is 14.0. The molecule has 2 amide bonds. The molecule has 4 aliphatic carbocycles. The van der Waals surface area contributed by atoms with Gasteiger partial charge in [0.05, 0.1) is 0 Å². The van der Waals surface area contributed by atoms with Crippen molar-refractivity contribution in [2.75, 3.05) is 36.4 Å². The molecule has 5 fully saturated rings. The quantitative estimate of drug-likeness (QED) is 0.566. The first-order valence-electron chi connectivity index (χ1n) is 14.0. The summed E-state index contributed by atoms with van der Waals surface area (Å²) in [5, 5.41) is 3.18. The smallest absolute Gasteiger partial charge is 0.253 e. The molecular formula is C31H39N3O2.